The molecule has 0 spiro atoms. The van der Waals surface area contributed by atoms with E-state index in [1.807, 2.05) is 68.4 Å². The summed E-state index contributed by atoms with van der Waals surface area (Å²) in [6, 6.07) is -1.30. The number of likely N-dealkylation sites (N-methyl/N-ethyl adjacent to an activating group) is 1. The van der Waals surface area contributed by atoms with Crippen molar-refractivity contribution in [2.45, 2.75) is 288 Å². The molecule has 0 aromatic heterocycles. The minimum absolute atomic E-state index is 0. The third kappa shape index (κ3) is 58.9. The number of carboxylic acids is 1. The first-order valence-electron chi connectivity index (χ1n) is 43.5. The fourth-order valence-corrected chi connectivity index (χ4v) is 23.2. The number of carboxylic acid groups (broad SMARTS) is 1. The van der Waals surface area contributed by atoms with Crippen LogP contribution in [0.5, 0.6) is 0 Å². The summed E-state index contributed by atoms with van der Waals surface area (Å²) in [5.41, 5.74) is 15.4. The monoisotopic (exact) mass is 1970 g/mol. The number of primary amides is 2. The Labute approximate surface area is 797 Å². The van der Waals surface area contributed by atoms with E-state index in [0.717, 1.165) is 26.3 Å². The summed E-state index contributed by atoms with van der Waals surface area (Å²) >= 11 is 0. The number of amides is 8. The number of terminal acetylenes is 1. The van der Waals surface area contributed by atoms with Gasteiger partial charge in [0.1, 0.15) is 29.5 Å². The molecular formula is C93H142Cl2F4N11O20P3. The zero-order valence-electron chi connectivity index (χ0n) is 79.1. The number of hydrogen-bond acceptors (Lipinski definition) is 22. The van der Waals surface area contributed by atoms with Crippen molar-refractivity contribution in [2.75, 3.05) is 71.5 Å². The maximum Gasteiger partial charge on any atom is 0.345 e. The fourth-order valence-electron chi connectivity index (χ4n) is 13.9. The summed E-state index contributed by atoms with van der Waals surface area (Å²) in [5, 5.41) is 33.6. The highest BCUT2D eigenvalue weighted by molar-refractivity contribution is 7.80. The number of nitrogens with zero attached hydrogens (tertiary/aromatic N) is 2. The Kier molecular flexibility index (Phi) is 60.4. The van der Waals surface area contributed by atoms with Gasteiger partial charge in [-0.1, -0.05) is 96.4 Å². The van der Waals surface area contributed by atoms with Crippen LogP contribution in [0.1, 0.15) is 247 Å². The number of ether oxygens (including phenoxy) is 2. The second-order valence-electron chi connectivity index (χ2n) is 37.2. The maximum absolute atomic E-state index is 13.0. The molecule has 13 N–H and O–H groups in total. The number of morpholine rings is 1. The first-order chi connectivity index (χ1) is 60.3. The van der Waals surface area contributed by atoms with Crippen LogP contribution in [0.4, 0.5) is 17.6 Å². The van der Waals surface area contributed by atoms with E-state index >= 15 is 0 Å². The Morgan fingerprint density at radius 3 is 1.19 bits per heavy atom. The quantitative estimate of drug-likeness (QED) is 0.0133. The third-order valence-electron chi connectivity index (χ3n) is 19.5. The smallest absolute Gasteiger partial charge is 0.345 e. The van der Waals surface area contributed by atoms with Crippen LogP contribution in [0.15, 0.2) is 0 Å². The normalized spacial score (nSPS) is 21.7. The largest absolute Gasteiger partial charge is 0.481 e. The van der Waals surface area contributed by atoms with Gasteiger partial charge in [0.05, 0.1) is 50.2 Å². The van der Waals surface area contributed by atoms with Crippen LogP contribution in [0, 0.1) is 164 Å². The lowest BCUT2D eigenvalue weighted by atomic mass is 9.76. The van der Waals surface area contributed by atoms with Crippen molar-refractivity contribution in [3.8, 4) is 101 Å². The van der Waals surface area contributed by atoms with Gasteiger partial charge in [0.25, 0.3) is 0 Å². The molecule has 746 valence electrons. The molecule has 9 atom stereocenters. The molecule has 2 saturated carbocycles. The lowest BCUT2D eigenvalue weighted by Crippen LogP contribution is -2.52. The molecule has 40 heteroatoms. The zero-order valence-corrected chi connectivity index (χ0v) is 83.5. The molecule has 5 aliphatic heterocycles. The first-order valence-corrected chi connectivity index (χ1v) is 48.7. The van der Waals surface area contributed by atoms with E-state index in [4.69, 9.17) is 51.1 Å². The van der Waals surface area contributed by atoms with Crippen LogP contribution >= 0.6 is 47.6 Å². The minimum atomic E-state index is -3.57. The van der Waals surface area contributed by atoms with Crippen molar-refractivity contribution in [1.82, 2.24) is 36.8 Å². The molecule has 8 amide bonds. The summed E-state index contributed by atoms with van der Waals surface area (Å²) < 4.78 is 113. The number of nitriles is 1. The molecule has 0 aromatic rings. The number of rotatable bonds is 31. The molecule has 5 heterocycles. The van der Waals surface area contributed by atoms with Gasteiger partial charge in [-0.2, -0.15) is 5.26 Å². The van der Waals surface area contributed by atoms with Gasteiger partial charge in [-0.25, -0.2) is 30.5 Å². The van der Waals surface area contributed by atoms with Gasteiger partial charge < -0.3 is 68.6 Å². The van der Waals surface area contributed by atoms with Crippen LogP contribution in [0.3, 0.4) is 0 Å². The van der Waals surface area contributed by atoms with Gasteiger partial charge in [-0.05, 0) is 223 Å². The van der Waals surface area contributed by atoms with Crippen LogP contribution < -0.4 is 49.1 Å². The molecule has 0 radical (unpaired) electrons. The molecule has 7 rings (SSSR count). The molecule has 5 saturated heterocycles. The van der Waals surface area contributed by atoms with Gasteiger partial charge in [0, 0.05) is 107 Å². The lowest BCUT2D eigenvalue weighted by molar-refractivity contribution is -0.158. The second kappa shape index (κ2) is 62.7. The average molecular weight is 1970 g/mol. The van der Waals surface area contributed by atoms with Crippen molar-refractivity contribution < 1.29 is 112 Å². The number of carbonyl (C=O) groups excluding carboxylic acids is 10. The van der Waals surface area contributed by atoms with Crippen molar-refractivity contribution in [2.24, 2.45) is 74.9 Å². The topological polar surface area (TPSA) is 483 Å². The van der Waals surface area contributed by atoms with E-state index in [9.17, 15) is 89.3 Å². The highest BCUT2D eigenvalue weighted by Gasteiger charge is 2.52. The summed E-state index contributed by atoms with van der Waals surface area (Å²) in [4.78, 5) is 133. The number of hydrogen-bond donors (Lipinski definition) is 10. The van der Waals surface area contributed by atoms with Gasteiger partial charge in [-0.15, -0.1) is 31.2 Å². The highest BCUT2D eigenvalue weighted by Crippen LogP contribution is 2.82. The Morgan fingerprint density at radius 2 is 0.895 bits per heavy atom. The van der Waals surface area contributed by atoms with Crippen molar-refractivity contribution >= 4 is 113 Å². The standard InChI is InChI=1S/C21H31F2N3O3.C20H35N3O5.C17H4.C14H26N4O3.C9H21O6P3.C6H8F2O2.C5H11NO.CH4.2ClH/c1-20(2,3)11-15(8-17(27)6-13-9-21(22,23)10-13)19(29)26-16(12-24)7-14-4-5-25-18(14)28;1-19(2,3)11-13(10-15(24)28-20(4,5)6)18(27)23-14(16(21)25)9-12-7-8-22-17(12)26;1-3-5-7-9-11-13-15-17-16-14-12-10-8-6-4-2;1-14(2,3)7-9(15)13(21)18-10(11(16)19)6-8-4-5-17-12(8)20;1-4-7-16(10)13-17(11,8-5-2)15-18(12,14-16)9-6-3;7-6(8)2-4(3-6)1-5(9)10;1-6-2-4-7-5-3-6;;;/h13-16H,4-11H2,1-3H3,(H,25,28)(H,26,29);12-14H,7-11H2,1-6H3,(H2,21,25)(H,22,26)(H,23,27);1H,2H3;8-10H,4-7,15H2,1-3H3,(H2,16,19)(H,17,20)(H,18,21);4-9H2,1-3H3;4H,1-3H2,(H,9,10);2-5H2,1H3;1H4;2*1H/t14-,15-,16-;12-,13-,14-;;8-,9-,10-;;;;;;/m00.0....../s1. The minimum Gasteiger partial charge on any atom is -0.481 e. The summed E-state index contributed by atoms with van der Waals surface area (Å²) in [7, 11) is -8.59. The predicted molar refractivity (Wildman–Crippen MR) is 506 cm³/mol. The third-order valence-corrected chi connectivity index (χ3v) is 28.5. The van der Waals surface area contributed by atoms with Crippen LogP contribution in [-0.4, -0.2) is 188 Å². The van der Waals surface area contributed by atoms with Gasteiger partial charge in [0.15, 0.2) is 0 Å². The van der Waals surface area contributed by atoms with Crippen LogP contribution in [0.25, 0.3) is 0 Å². The first kappa shape index (κ1) is 128. The fraction of sp³-hybridized carbons (Fsp3) is 0.699. The van der Waals surface area contributed by atoms with Crippen molar-refractivity contribution in [3.05, 3.63) is 0 Å². The molecule has 7 fully saturated rings. The molecule has 31 nitrogen and oxygen atoms in total. The van der Waals surface area contributed by atoms with E-state index in [-0.39, 0.29) is 191 Å². The van der Waals surface area contributed by atoms with Crippen molar-refractivity contribution in [3.63, 3.8) is 0 Å². The van der Waals surface area contributed by atoms with E-state index in [0.29, 0.717) is 77.4 Å². The van der Waals surface area contributed by atoms with Crippen LogP contribution in [0.2, 0.25) is 0 Å². The van der Waals surface area contributed by atoms with Gasteiger partial charge in [-0.3, -0.25) is 66.4 Å². The number of carbonyl (C=O) groups is 11. The van der Waals surface area contributed by atoms with E-state index in [1.54, 1.807) is 48.5 Å². The Balaban J connectivity index is -0.00000153. The second-order valence-corrected chi connectivity index (χ2v) is 44.2. The Hall–Kier alpha value is -8.91. The summed E-state index contributed by atoms with van der Waals surface area (Å²) in [6.45, 7) is 35.8. The summed E-state index contributed by atoms with van der Waals surface area (Å²) in [5.74, 6) is 24.2. The van der Waals surface area contributed by atoms with Crippen molar-refractivity contribution in [1.29, 1.82) is 5.26 Å². The Bertz CT molecular complexity index is 4490. The molecule has 0 bridgehead atoms. The molecule has 2 aliphatic carbocycles. The van der Waals surface area contributed by atoms with E-state index < -0.39 is 118 Å². The number of aliphatic carboxylic acids is 1. The number of alkyl halides is 4. The maximum atomic E-state index is 13.0. The van der Waals surface area contributed by atoms with E-state index in [1.165, 1.54) is 0 Å². The molecule has 0 unspecified atom stereocenters. The number of halogens is 6. The molecular weight excluding hydrogens is 1830 g/mol. The van der Waals surface area contributed by atoms with Gasteiger partial charge in [0.2, 0.25) is 59.1 Å². The molecule has 0 aromatic carbocycles. The average Bonchev–Trinajstić information content (AvgIpc) is 0.837. The number of nitrogens with two attached hydrogens (primary N) is 3. The number of ketones is 1. The molecule has 133 heavy (non-hydrogen) atoms. The number of Topliss-reactive ketones (excluding diaryl/α,β-unsaturated/α-hetero) is 1. The summed E-state index contributed by atoms with van der Waals surface area (Å²) in [6.07, 6.45) is 9.47. The number of esters is 1. The van der Waals surface area contributed by atoms with E-state index in [2.05, 4.69) is 133 Å². The predicted octanol–water partition coefficient (Wildman–Crippen LogP) is 11.9. The van der Waals surface area contributed by atoms with Crippen LogP contribution in [-0.2, 0) is 88.8 Å². The molecule has 7 aliphatic rings. The Morgan fingerprint density at radius 1 is 0.556 bits per heavy atom. The highest BCUT2D eigenvalue weighted by atomic mass is 35.5. The SMILES string of the molecule is C.C#CC#CC#CC#CC#CC#CC#CC#CC.CC(C)(C)C[C@H](CC(=O)CC1CC(F)(F)C1)C(=O)N[C@H](C#N)C[C@@H]1CCNC1=O.CC(C)(C)C[C@H](CC(=O)OC(C)(C)C)C(=O)N[C@@H](C[C@@H]1CCNC1=O)C(N)=O.CC(C)(C)C[C@H](N)C(=O)N[C@@H](C[C@@H]1CCNC1=O)C(N)=O.CCCP1(=O)OP(=O)(CCC)OP(=O)(CCC)O1.CN1CCOCC1.Cl.Cl.O=C(O)CC1CC(F)(F)C1. The number of nitrogens with one attached hydrogen (secondary N) is 6. The lowest BCUT2D eigenvalue weighted by Gasteiger charge is -2.34. The zero-order chi connectivity index (χ0) is 99.1. The van der Waals surface area contributed by atoms with Gasteiger partial charge >= 0.3 is 34.7 Å².